The molecule has 0 bridgehead atoms. The first-order chi connectivity index (χ1) is 5.29. The third kappa shape index (κ3) is 1.61. The minimum atomic E-state index is -0.356. The van der Waals surface area contributed by atoms with Crippen molar-refractivity contribution in [3.05, 3.63) is 24.0 Å². The van der Waals surface area contributed by atoms with E-state index in [0.717, 1.165) is 0 Å². The maximum absolute atomic E-state index is 9.28. The number of hydrogen-bond donors (Lipinski definition) is 1. The highest BCUT2D eigenvalue weighted by Crippen LogP contribution is 2.16. The summed E-state index contributed by atoms with van der Waals surface area (Å²) in [6, 6.07) is 0. The van der Waals surface area contributed by atoms with Crippen molar-refractivity contribution >= 4 is 0 Å². The molecule has 0 amide bonds. The third-order valence-corrected chi connectivity index (χ3v) is 1.68. The molecule has 3 heteroatoms. The molecule has 0 spiro atoms. The summed E-state index contributed by atoms with van der Waals surface area (Å²) in [6.45, 7) is 0. The molecule has 0 saturated heterocycles. The second-order valence-corrected chi connectivity index (χ2v) is 2.33. The van der Waals surface area contributed by atoms with Crippen LogP contribution in [0.2, 0.25) is 0 Å². The Hall–Kier alpha value is -0.800. The van der Waals surface area contributed by atoms with Crippen LogP contribution in [0, 0.1) is 0 Å². The Morgan fingerprint density at radius 1 is 1.36 bits per heavy atom. The number of methoxy groups -OCH3 is 2. The molecule has 1 aliphatic carbocycles. The molecule has 0 fully saturated rings. The Bertz CT molecular complexity index is 184. The van der Waals surface area contributed by atoms with Crippen LogP contribution >= 0.6 is 0 Å². The van der Waals surface area contributed by atoms with Gasteiger partial charge in [-0.3, -0.25) is 0 Å². The fourth-order valence-corrected chi connectivity index (χ4v) is 1.08. The highest BCUT2D eigenvalue weighted by atomic mass is 16.5. The van der Waals surface area contributed by atoms with Crippen molar-refractivity contribution in [3.63, 3.8) is 0 Å². The lowest BCUT2D eigenvalue weighted by Gasteiger charge is -2.23. The first-order valence-electron chi connectivity index (χ1n) is 3.42. The molecule has 3 nitrogen and oxygen atoms in total. The van der Waals surface area contributed by atoms with Gasteiger partial charge in [-0.05, 0) is 6.08 Å². The summed E-state index contributed by atoms with van der Waals surface area (Å²) in [7, 11) is 3.12. The van der Waals surface area contributed by atoms with Gasteiger partial charge in [-0.15, -0.1) is 0 Å². The van der Waals surface area contributed by atoms with Gasteiger partial charge >= 0.3 is 0 Å². The van der Waals surface area contributed by atoms with E-state index >= 15 is 0 Å². The van der Waals surface area contributed by atoms with Crippen molar-refractivity contribution in [1.29, 1.82) is 0 Å². The standard InChI is InChI=1S/C8H12O3/c1-10-7-5-3-4-6(9)8(7)11-2/h3-5,7-9H,1-2H3. The van der Waals surface area contributed by atoms with Gasteiger partial charge < -0.3 is 14.6 Å². The topological polar surface area (TPSA) is 38.7 Å². The molecule has 1 aliphatic rings. The Balaban J connectivity index is 2.70. The predicted octanol–water partition coefficient (Wildman–Crippen LogP) is 1.03. The molecule has 11 heavy (non-hydrogen) atoms. The number of rotatable bonds is 2. The summed E-state index contributed by atoms with van der Waals surface area (Å²) in [4.78, 5) is 0. The second kappa shape index (κ2) is 3.55. The van der Waals surface area contributed by atoms with Crippen molar-refractivity contribution in [2.45, 2.75) is 12.2 Å². The van der Waals surface area contributed by atoms with Gasteiger partial charge in [0, 0.05) is 14.2 Å². The molecule has 0 aromatic carbocycles. The molecular formula is C8H12O3. The molecule has 1 N–H and O–H groups in total. The zero-order chi connectivity index (χ0) is 8.27. The molecule has 1 rings (SSSR count). The van der Waals surface area contributed by atoms with Crippen molar-refractivity contribution in [2.75, 3.05) is 14.2 Å². The normalized spacial score (nSPS) is 30.2. The zero-order valence-corrected chi connectivity index (χ0v) is 6.65. The molecule has 0 aromatic rings. The van der Waals surface area contributed by atoms with Crippen LogP contribution in [0.15, 0.2) is 24.0 Å². The van der Waals surface area contributed by atoms with Crippen LogP contribution in [0.5, 0.6) is 0 Å². The Morgan fingerprint density at radius 2 is 2.09 bits per heavy atom. The van der Waals surface area contributed by atoms with Crippen LogP contribution in [0.3, 0.4) is 0 Å². The summed E-state index contributed by atoms with van der Waals surface area (Å²) in [6.07, 6.45) is 4.66. The van der Waals surface area contributed by atoms with Crippen LogP contribution in [0.25, 0.3) is 0 Å². The maximum Gasteiger partial charge on any atom is 0.143 e. The van der Waals surface area contributed by atoms with E-state index in [9.17, 15) is 5.11 Å². The molecule has 0 radical (unpaired) electrons. The lowest BCUT2D eigenvalue weighted by molar-refractivity contribution is -0.0125. The van der Waals surface area contributed by atoms with Gasteiger partial charge in [0.2, 0.25) is 0 Å². The SMILES string of the molecule is COC1C=CC=C(O)C1OC. The van der Waals surface area contributed by atoms with Gasteiger partial charge in [0.05, 0.1) is 0 Å². The average Bonchev–Trinajstić information content (AvgIpc) is 2.04. The number of aliphatic hydroxyl groups excluding tert-OH is 1. The Kier molecular flexibility index (Phi) is 2.68. The lowest BCUT2D eigenvalue weighted by Crippen LogP contribution is -2.31. The van der Waals surface area contributed by atoms with E-state index in [1.807, 2.05) is 6.08 Å². The maximum atomic E-state index is 9.28. The van der Waals surface area contributed by atoms with E-state index in [-0.39, 0.29) is 18.0 Å². The number of allylic oxidation sites excluding steroid dienone is 2. The molecule has 0 aromatic heterocycles. The van der Waals surface area contributed by atoms with Gasteiger partial charge in [0.1, 0.15) is 18.0 Å². The molecular weight excluding hydrogens is 144 g/mol. The fourth-order valence-electron chi connectivity index (χ4n) is 1.08. The van der Waals surface area contributed by atoms with Gasteiger partial charge in [0.15, 0.2) is 0 Å². The molecule has 0 saturated carbocycles. The van der Waals surface area contributed by atoms with Gasteiger partial charge in [-0.2, -0.15) is 0 Å². The van der Waals surface area contributed by atoms with E-state index in [1.54, 1.807) is 26.4 Å². The average molecular weight is 156 g/mol. The quantitative estimate of drug-likeness (QED) is 0.649. The highest BCUT2D eigenvalue weighted by Gasteiger charge is 2.24. The van der Waals surface area contributed by atoms with E-state index in [0.29, 0.717) is 0 Å². The first-order valence-corrected chi connectivity index (χ1v) is 3.42. The van der Waals surface area contributed by atoms with Gasteiger partial charge in [-0.25, -0.2) is 0 Å². The summed E-state index contributed by atoms with van der Waals surface area (Å²) < 4.78 is 10.1. The van der Waals surface area contributed by atoms with Crippen molar-refractivity contribution < 1.29 is 14.6 Å². The van der Waals surface area contributed by atoms with Crippen LogP contribution in [0.1, 0.15) is 0 Å². The number of hydrogen-bond acceptors (Lipinski definition) is 3. The van der Waals surface area contributed by atoms with Crippen molar-refractivity contribution in [1.82, 2.24) is 0 Å². The Labute approximate surface area is 65.9 Å². The molecule has 2 atom stereocenters. The predicted molar refractivity (Wildman–Crippen MR) is 41.4 cm³/mol. The van der Waals surface area contributed by atoms with Crippen LogP contribution in [-0.4, -0.2) is 31.5 Å². The molecule has 62 valence electrons. The van der Waals surface area contributed by atoms with E-state index in [4.69, 9.17) is 9.47 Å². The van der Waals surface area contributed by atoms with Crippen LogP contribution in [0.4, 0.5) is 0 Å². The third-order valence-electron chi connectivity index (χ3n) is 1.68. The van der Waals surface area contributed by atoms with E-state index in [2.05, 4.69) is 0 Å². The summed E-state index contributed by atoms with van der Waals surface area (Å²) in [5.74, 6) is 0.210. The van der Waals surface area contributed by atoms with Crippen LogP contribution in [-0.2, 0) is 9.47 Å². The second-order valence-electron chi connectivity index (χ2n) is 2.33. The largest absolute Gasteiger partial charge is 0.509 e. The fraction of sp³-hybridized carbons (Fsp3) is 0.500. The summed E-state index contributed by atoms with van der Waals surface area (Å²) >= 11 is 0. The zero-order valence-electron chi connectivity index (χ0n) is 6.65. The smallest absolute Gasteiger partial charge is 0.143 e. The van der Waals surface area contributed by atoms with Gasteiger partial charge in [0.25, 0.3) is 0 Å². The van der Waals surface area contributed by atoms with E-state index < -0.39 is 0 Å². The monoisotopic (exact) mass is 156 g/mol. The number of aliphatic hydroxyl groups is 1. The minimum absolute atomic E-state index is 0.176. The molecule has 0 heterocycles. The highest BCUT2D eigenvalue weighted by molar-refractivity contribution is 5.20. The number of ether oxygens (including phenoxy) is 2. The minimum Gasteiger partial charge on any atom is -0.509 e. The van der Waals surface area contributed by atoms with Crippen molar-refractivity contribution in [3.8, 4) is 0 Å². The van der Waals surface area contributed by atoms with Crippen molar-refractivity contribution in [2.24, 2.45) is 0 Å². The Morgan fingerprint density at radius 3 is 2.55 bits per heavy atom. The van der Waals surface area contributed by atoms with E-state index in [1.165, 1.54) is 0 Å². The summed E-state index contributed by atoms with van der Waals surface area (Å²) in [5.41, 5.74) is 0. The molecule has 0 aliphatic heterocycles. The first kappa shape index (κ1) is 8.30. The lowest BCUT2D eigenvalue weighted by atomic mass is 10.1. The van der Waals surface area contributed by atoms with Crippen LogP contribution < -0.4 is 0 Å². The molecule has 2 unspecified atom stereocenters. The summed E-state index contributed by atoms with van der Waals surface area (Å²) in [5, 5.41) is 9.28. The van der Waals surface area contributed by atoms with Gasteiger partial charge in [-0.1, -0.05) is 12.2 Å².